The summed E-state index contributed by atoms with van der Waals surface area (Å²) in [6.45, 7) is 3.29. The Morgan fingerprint density at radius 1 is 1.29 bits per heavy atom. The summed E-state index contributed by atoms with van der Waals surface area (Å²) >= 11 is 0. The number of hydrogen-bond donors (Lipinski definition) is 1. The Hall–Kier alpha value is -2.12. The summed E-state index contributed by atoms with van der Waals surface area (Å²) in [5.41, 5.74) is 2.71. The van der Waals surface area contributed by atoms with Crippen LogP contribution in [0.2, 0.25) is 0 Å². The molecule has 0 unspecified atom stereocenters. The normalized spacial score (nSPS) is 10.1. The first kappa shape index (κ1) is 11.4. The summed E-state index contributed by atoms with van der Waals surface area (Å²) in [6, 6.07) is 11.5. The van der Waals surface area contributed by atoms with Crippen molar-refractivity contribution in [3.63, 3.8) is 0 Å². The van der Waals surface area contributed by atoms with Gasteiger partial charge in [-0.3, -0.25) is 0 Å². The molecule has 17 heavy (non-hydrogen) atoms. The molecule has 0 aliphatic rings. The van der Waals surface area contributed by atoms with Gasteiger partial charge in [0, 0.05) is 12.6 Å². The molecule has 0 radical (unpaired) electrons. The summed E-state index contributed by atoms with van der Waals surface area (Å²) in [6.07, 6.45) is 0. The number of hydrogen-bond acceptors (Lipinski definition) is 4. The molecular formula is C13H13N3O. The first-order valence-electron chi connectivity index (χ1n) is 5.40. The maximum Gasteiger partial charge on any atom is 0.150 e. The largest absolute Gasteiger partial charge is 0.360 e. The van der Waals surface area contributed by atoms with Crippen molar-refractivity contribution in [1.29, 1.82) is 5.26 Å². The number of nitriles is 1. The Balaban J connectivity index is 1.84. The number of nitrogens with one attached hydrogen (secondary N) is 1. The van der Waals surface area contributed by atoms with E-state index in [9.17, 15) is 0 Å². The van der Waals surface area contributed by atoms with Crippen LogP contribution in [0.15, 0.2) is 34.9 Å². The lowest BCUT2D eigenvalue weighted by Gasteiger charge is -2.02. The summed E-state index contributed by atoms with van der Waals surface area (Å²) in [5.74, 6) is 0.830. The Kier molecular flexibility index (Phi) is 3.53. The van der Waals surface area contributed by atoms with Gasteiger partial charge in [0.25, 0.3) is 0 Å². The number of nitrogens with zero attached hydrogens (tertiary/aromatic N) is 2. The fourth-order valence-corrected chi connectivity index (χ4v) is 1.53. The van der Waals surface area contributed by atoms with Crippen molar-refractivity contribution in [1.82, 2.24) is 10.5 Å². The van der Waals surface area contributed by atoms with E-state index in [1.807, 2.05) is 37.3 Å². The monoisotopic (exact) mass is 227 g/mol. The fraction of sp³-hybridized carbons (Fsp3) is 0.231. The smallest absolute Gasteiger partial charge is 0.150 e. The molecule has 0 aliphatic heterocycles. The molecule has 0 bridgehead atoms. The number of benzene rings is 1. The van der Waals surface area contributed by atoms with Crippen LogP contribution >= 0.6 is 0 Å². The first-order chi connectivity index (χ1) is 8.28. The van der Waals surface area contributed by atoms with Gasteiger partial charge in [0.1, 0.15) is 0 Å². The van der Waals surface area contributed by atoms with Crippen LogP contribution in [0.3, 0.4) is 0 Å². The van der Waals surface area contributed by atoms with Gasteiger partial charge in [-0.1, -0.05) is 17.3 Å². The van der Waals surface area contributed by atoms with Crippen molar-refractivity contribution in [2.45, 2.75) is 20.0 Å². The molecule has 0 amide bonds. The zero-order valence-corrected chi connectivity index (χ0v) is 9.60. The fourth-order valence-electron chi connectivity index (χ4n) is 1.53. The molecule has 1 aromatic heterocycles. The average molecular weight is 227 g/mol. The van der Waals surface area contributed by atoms with E-state index in [4.69, 9.17) is 9.78 Å². The Morgan fingerprint density at radius 2 is 2.06 bits per heavy atom. The molecule has 0 fully saturated rings. The SMILES string of the molecule is Cc1cc(CNCc2ccc(C#N)cc2)on1. The average Bonchev–Trinajstić information content (AvgIpc) is 2.76. The van der Waals surface area contributed by atoms with E-state index >= 15 is 0 Å². The van der Waals surface area contributed by atoms with E-state index in [0.29, 0.717) is 12.1 Å². The van der Waals surface area contributed by atoms with E-state index in [0.717, 1.165) is 23.6 Å². The first-order valence-corrected chi connectivity index (χ1v) is 5.40. The molecule has 4 nitrogen and oxygen atoms in total. The molecule has 2 rings (SSSR count). The van der Waals surface area contributed by atoms with Crippen molar-refractivity contribution in [2.75, 3.05) is 0 Å². The molecule has 0 saturated heterocycles. The summed E-state index contributed by atoms with van der Waals surface area (Å²) in [5, 5.41) is 15.7. The van der Waals surface area contributed by atoms with Crippen LogP contribution in [0, 0.1) is 18.3 Å². The minimum absolute atomic E-state index is 0.654. The minimum Gasteiger partial charge on any atom is -0.360 e. The maximum atomic E-state index is 8.67. The standard InChI is InChI=1S/C13H13N3O/c1-10-6-13(17-16-10)9-15-8-12-4-2-11(7-14)3-5-12/h2-6,15H,8-9H2,1H3. The number of aromatic nitrogens is 1. The van der Waals surface area contributed by atoms with Gasteiger partial charge in [-0.15, -0.1) is 0 Å². The maximum absolute atomic E-state index is 8.67. The van der Waals surface area contributed by atoms with Gasteiger partial charge in [0.15, 0.2) is 5.76 Å². The van der Waals surface area contributed by atoms with Gasteiger partial charge < -0.3 is 9.84 Å². The quantitative estimate of drug-likeness (QED) is 0.869. The second-order valence-corrected chi connectivity index (χ2v) is 3.85. The van der Waals surface area contributed by atoms with Gasteiger partial charge >= 0.3 is 0 Å². The third-order valence-electron chi connectivity index (χ3n) is 2.39. The predicted octanol–water partition coefficient (Wildman–Crippen LogP) is 2.14. The van der Waals surface area contributed by atoms with Crippen LogP contribution < -0.4 is 5.32 Å². The van der Waals surface area contributed by atoms with Crippen LogP contribution in [0.1, 0.15) is 22.6 Å². The Morgan fingerprint density at radius 3 is 2.65 bits per heavy atom. The second kappa shape index (κ2) is 5.28. The lowest BCUT2D eigenvalue weighted by atomic mass is 10.1. The van der Waals surface area contributed by atoms with Crippen LogP contribution in [0.4, 0.5) is 0 Å². The van der Waals surface area contributed by atoms with Crippen molar-refractivity contribution < 1.29 is 4.52 Å². The molecule has 2 aromatic rings. The number of rotatable bonds is 4. The summed E-state index contributed by atoms with van der Waals surface area (Å²) < 4.78 is 5.08. The molecule has 0 aliphatic carbocycles. The predicted molar refractivity (Wildman–Crippen MR) is 62.9 cm³/mol. The van der Waals surface area contributed by atoms with E-state index in [1.54, 1.807) is 0 Å². The summed E-state index contributed by atoms with van der Waals surface area (Å²) in [4.78, 5) is 0. The molecule has 1 N–H and O–H groups in total. The van der Waals surface area contributed by atoms with Crippen molar-refractivity contribution >= 4 is 0 Å². The Bertz CT molecular complexity index is 522. The molecule has 1 heterocycles. The van der Waals surface area contributed by atoms with Crippen molar-refractivity contribution in [3.8, 4) is 6.07 Å². The molecule has 0 spiro atoms. The van der Waals surface area contributed by atoms with Crippen LogP contribution in [-0.4, -0.2) is 5.16 Å². The van der Waals surface area contributed by atoms with E-state index in [2.05, 4.69) is 16.5 Å². The van der Waals surface area contributed by atoms with Crippen LogP contribution in [-0.2, 0) is 13.1 Å². The van der Waals surface area contributed by atoms with Crippen LogP contribution in [0.25, 0.3) is 0 Å². The second-order valence-electron chi connectivity index (χ2n) is 3.85. The lowest BCUT2D eigenvalue weighted by Crippen LogP contribution is -2.12. The third kappa shape index (κ3) is 3.16. The molecule has 1 aromatic carbocycles. The van der Waals surface area contributed by atoms with E-state index < -0.39 is 0 Å². The lowest BCUT2D eigenvalue weighted by molar-refractivity contribution is 0.369. The van der Waals surface area contributed by atoms with Gasteiger partial charge in [0.2, 0.25) is 0 Å². The Labute approximate surface area is 99.9 Å². The zero-order chi connectivity index (χ0) is 12.1. The number of aryl methyl sites for hydroxylation is 1. The summed E-state index contributed by atoms with van der Waals surface area (Å²) in [7, 11) is 0. The van der Waals surface area contributed by atoms with Crippen LogP contribution in [0.5, 0.6) is 0 Å². The van der Waals surface area contributed by atoms with E-state index in [1.165, 1.54) is 0 Å². The minimum atomic E-state index is 0.654. The highest BCUT2D eigenvalue weighted by molar-refractivity contribution is 5.31. The van der Waals surface area contributed by atoms with Gasteiger partial charge in [0.05, 0.1) is 23.9 Å². The molecule has 0 saturated carbocycles. The van der Waals surface area contributed by atoms with Gasteiger partial charge in [-0.25, -0.2) is 0 Å². The van der Waals surface area contributed by atoms with E-state index in [-0.39, 0.29) is 0 Å². The van der Waals surface area contributed by atoms with Crippen molar-refractivity contribution in [2.24, 2.45) is 0 Å². The van der Waals surface area contributed by atoms with Crippen molar-refractivity contribution in [3.05, 3.63) is 52.9 Å². The van der Waals surface area contributed by atoms with Gasteiger partial charge in [-0.05, 0) is 24.6 Å². The highest BCUT2D eigenvalue weighted by Crippen LogP contribution is 2.04. The molecular weight excluding hydrogens is 214 g/mol. The topological polar surface area (TPSA) is 61.9 Å². The highest BCUT2D eigenvalue weighted by Gasteiger charge is 2.00. The molecule has 0 atom stereocenters. The molecule has 86 valence electrons. The molecule has 4 heteroatoms. The third-order valence-corrected chi connectivity index (χ3v) is 2.39. The van der Waals surface area contributed by atoms with Gasteiger partial charge in [-0.2, -0.15) is 5.26 Å². The zero-order valence-electron chi connectivity index (χ0n) is 9.60. The highest BCUT2D eigenvalue weighted by atomic mass is 16.5.